The highest BCUT2D eigenvalue weighted by molar-refractivity contribution is 7.85. The molecule has 0 saturated carbocycles. The third-order valence-electron chi connectivity index (χ3n) is 4.39. The van der Waals surface area contributed by atoms with Gasteiger partial charge in [-0.05, 0) is 27.7 Å². The minimum Gasteiger partial charge on any atom is -0.348 e. The predicted molar refractivity (Wildman–Crippen MR) is 85.0 cm³/mol. The van der Waals surface area contributed by atoms with Crippen molar-refractivity contribution in [2.75, 3.05) is 6.61 Å². The van der Waals surface area contributed by atoms with Gasteiger partial charge in [-0.3, -0.25) is 0 Å². The fraction of sp³-hybridized carbons (Fsp3) is 0.800. The molecule has 5 atom stereocenters. The van der Waals surface area contributed by atoms with E-state index in [4.69, 9.17) is 27.9 Å². The third kappa shape index (κ3) is 3.28. The number of aromatic nitrogens is 2. The average Bonchev–Trinajstić information content (AvgIpc) is 3.24. The topological polar surface area (TPSA) is 107 Å². The van der Waals surface area contributed by atoms with E-state index < -0.39 is 52.6 Å². The fourth-order valence-electron chi connectivity index (χ4n) is 3.36. The molecule has 26 heavy (non-hydrogen) atoms. The molecule has 3 saturated heterocycles. The lowest BCUT2D eigenvalue weighted by Gasteiger charge is -2.28. The van der Waals surface area contributed by atoms with Crippen LogP contribution in [0.5, 0.6) is 0 Å². The standard InChI is InChI=1S/C15H22N2O8S/c1-14(2)20-7-9(22-14)10-11(12-13(21-10)24-15(3,4)23-12)25-26(18,19)17-6-5-16-8-17/h5-6,8-13H,7H2,1-4H3/t9?,10-,11+,12-,13?/m1/s1. The Hall–Kier alpha value is -1.08. The first-order valence-electron chi connectivity index (χ1n) is 8.31. The molecule has 0 amide bonds. The number of ether oxygens (including phenoxy) is 5. The van der Waals surface area contributed by atoms with Crippen molar-refractivity contribution in [3.63, 3.8) is 0 Å². The van der Waals surface area contributed by atoms with Crippen LogP contribution in [0.15, 0.2) is 18.7 Å². The van der Waals surface area contributed by atoms with E-state index in [0.717, 1.165) is 10.3 Å². The van der Waals surface area contributed by atoms with Crippen molar-refractivity contribution in [1.82, 2.24) is 8.96 Å². The minimum atomic E-state index is -4.13. The van der Waals surface area contributed by atoms with Gasteiger partial charge in [0.15, 0.2) is 17.9 Å². The van der Waals surface area contributed by atoms with Gasteiger partial charge in [-0.2, -0.15) is 8.42 Å². The van der Waals surface area contributed by atoms with Crippen LogP contribution in [0.25, 0.3) is 0 Å². The van der Waals surface area contributed by atoms with Gasteiger partial charge in [-0.1, -0.05) is 0 Å². The van der Waals surface area contributed by atoms with Crippen LogP contribution in [-0.4, -0.2) is 66.3 Å². The predicted octanol–water partition coefficient (Wildman–Crippen LogP) is 0.389. The van der Waals surface area contributed by atoms with Crippen molar-refractivity contribution in [3.05, 3.63) is 18.7 Å². The highest BCUT2D eigenvalue weighted by atomic mass is 32.2. The summed E-state index contributed by atoms with van der Waals surface area (Å²) in [5.74, 6) is -1.70. The first kappa shape index (κ1) is 18.3. The first-order chi connectivity index (χ1) is 12.1. The molecule has 11 heteroatoms. The van der Waals surface area contributed by atoms with E-state index in [1.54, 1.807) is 27.7 Å². The van der Waals surface area contributed by atoms with Crippen LogP contribution >= 0.6 is 0 Å². The Labute approximate surface area is 151 Å². The Kier molecular flexibility index (Phi) is 4.19. The van der Waals surface area contributed by atoms with Crippen LogP contribution in [0.3, 0.4) is 0 Å². The number of nitrogens with zero attached hydrogens (tertiary/aromatic N) is 2. The summed E-state index contributed by atoms with van der Waals surface area (Å²) in [7, 11) is -4.13. The second-order valence-corrected chi connectivity index (χ2v) is 8.82. The average molecular weight is 390 g/mol. The summed E-state index contributed by atoms with van der Waals surface area (Å²) < 4.78 is 60.3. The van der Waals surface area contributed by atoms with Gasteiger partial charge < -0.3 is 23.7 Å². The monoisotopic (exact) mass is 390 g/mol. The number of hydrogen-bond acceptors (Lipinski definition) is 9. The summed E-state index contributed by atoms with van der Waals surface area (Å²) >= 11 is 0. The Morgan fingerprint density at radius 3 is 2.50 bits per heavy atom. The van der Waals surface area contributed by atoms with Crippen LogP contribution in [0.2, 0.25) is 0 Å². The van der Waals surface area contributed by atoms with Crippen molar-refractivity contribution in [2.45, 2.75) is 70.0 Å². The summed E-state index contributed by atoms with van der Waals surface area (Å²) in [5, 5.41) is 0. The van der Waals surface area contributed by atoms with Crippen molar-refractivity contribution >= 4 is 10.3 Å². The number of rotatable bonds is 4. The lowest BCUT2D eigenvalue weighted by atomic mass is 10.1. The molecule has 4 rings (SSSR count). The summed E-state index contributed by atoms with van der Waals surface area (Å²) in [4.78, 5) is 3.74. The molecule has 0 N–H and O–H groups in total. The van der Waals surface area contributed by atoms with E-state index in [2.05, 4.69) is 4.98 Å². The molecule has 0 spiro atoms. The maximum atomic E-state index is 12.6. The lowest BCUT2D eigenvalue weighted by Crippen LogP contribution is -2.45. The molecule has 0 radical (unpaired) electrons. The molecule has 0 bridgehead atoms. The largest absolute Gasteiger partial charge is 0.367 e. The third-order valence-corrected chi connectivity index (χ3v) is 5.59. The maximum absolute atomic E-state index is 12.6. The Balaban J connectivity index is 1.60. The van der Waals surface area contributed by atoms with E-state index >= 15 is 0 Å². The number of hydrogen-bond donors (Lipinski definition) is 0. The van der Waals surface area contributed by atoms with E-state index in [1.165, 1.54) is 12.4 Å². The summed E-state index contributed by atoms with van der Waals surface area (Å²) in [6, 6.07) is 0. The fourth-order valence-corrected chi connectivity index (χ4v) is 4.33. The normalized spacial score (nSPS) is 38.5. The lowest BCUT2D eigenvalue weighted by molar-refractivity contribution is -0.230. The zero-order chi connectivity index (χ0) is 18.7. The molecule has 1 aromatic rings. The van der Waals surface area contributed by atoms with Gasteiger partial charge in [0.05, 0.1) is 6.61 Å². The molecular formula is C15H22N2O8S. The highest BCUT2D eigenvalue weighted by Crippen LogP contribution is 2.42. The van der Waals surface area contributed by atoms with Crippen LogP contribution in [0, 0.1) is 0 Å². The Morgan fingerprint density at radius 2 is 1.88 bits per heavy atom. The smallest absolute Gasteiger partial charge is 0.348 e. The van der Waals surface area contributed by atoms with Gasteiger partial charge in [-0.25, -0.2) is 13.1 Å². The molecule has 0 aliphatic carbocycles. The molecule has 10 nitrogen and oxygen atoms in total. The van der Waals surface area contributed by atoms with Gasteiger partial charge in [0.1, 0.15) is 30.7 Å². The van der Waals surface area contributed by atoms with Gasteiger partial charge in [0, 0.05) is 12.4 Å². The van der Waals surface area contributed by atoms with Gasteiger partial charge in [0.2, 0.25) is 0 Å². The second kappa shape index (κ2) is 5.96. The number of fused-ring (bicyclic) bond motifs is 1. The minimum absolute atomic E-state index is 0.242. The number of imidazole rings is 1. The van der Waals surface area contributed by atoms with Crippen LogP contribution in [0.4, 0.5) is 0 Å². The molecule has 3 aliphatic heterocycles. The molecule has 4 heterocycles. The van der Waals surface area contributed by atoms with E-state index in [-0.39, 0.29) is 6.61 Å². The van der Waals surface area contributed by atoms with Crippen molar-refractivity contribution < 1.29 is 36.3 Å². The van der Waals surface area contributed by atoms with Crippen molar-refractivity contribution in [1.29, 1.82) is 0 Å². The van der Waals surface area contributed by atoms with Crippen molar-refractivity contribution in [2.24, 2.45) is 0 Å². The summed E-state index contributed by atoms with van der Waals surface area (Å²) in [6.07, 6.45) is 0.0800. The maximum Gasteiger partial charge on any atom is 0.367 e. The van der Waals surface area contributed by atoms with E-state index in [9.17, 15) is 8.42 Å². The second-order valence-electron chi connectivity index (χ2n) is 7.35. The zero-order valence-electron chi connectivity index (χ0n) is 14.9. The SMILES string of the molecule is CC1(C)OCC([C@H]2OC3OC(C)(C)O[C@@H]3[C@H]2OS(=O)(=O)n2ccnc2)O1. The summed E-state index contributed by atoms with van der Waals surface area (Å²) in [5.41, 5.74) is 0. The van der Waals surface area contributed by atoms with Crippen LogP contribution in [-0.2, 0) is 38.2 Å². The Morgan fingerprint density at radius 1 is 1.12 bits per heavy atom. The zero-order valence-corrected chi connectivity index (χ0v) is 15.7. The van der Waals surface area contributed by atoms with Gasteiger partial charge in [0.25, 0.3) is 0 Å². The van der Waals surface area contributed by atoms with E-state index in [1.807, 2.05) is 0 Å². The molecule has 146 valence electrons. The van der Waals surface area contributed by atoms with Crippen LogP contribution < -0.4 is 0 Å². The molecule has 3 aliphatic rings. The van der Waals surface area contributed by atoms with Gasteiger partial charge >= 0.3 is 10.3 Å². The summed E-state index contributed by atoms with van der Waals surface area (Å²) in [6.45, 7) is 7.24. The molecule has 3 fully saturated rings. The molecule has 0 aromatic carbocycles. The van der Waals surface area contributed by atoms with Crippen LogP contribution in [0.1, 0.15) is 27.7 Å². The quantitative estimate of drug-likeness (QED) is 0.721. The highest BCUT2D eigenvalue weighted by Gasteiger charge is 2.60. The molecular weight excluding hydrogens is 368 g/mol. The van der Waals surface area contributed by atoms with Crippen molar-refractivity contribution in [3.8, 4) is 0 Å². The first-order valence-corrected chi connectivity index (χ1v) is 9.67. The Bertz CT molecular complexity index is 763. The van der Waals surface area contributed by atoms with E-state index in [0.29, 0.717) is 0 Å². The van der Waals surface area contributed by atoms with Gasteiger partial charge in [-0.15, -0.1) is 0 Å². The molecule has 2 unspecified atom stereocenters. The molecule has 1 aromatic heterocycles.